The Hall–Kier alpha value is -1.91. The van der Waals surface area contributed by atoms with Crippen LogP contribution in [-0.4, -0.2) is 30.5 Å². The predicted octanol–water partition coefficient (Wildman–Crippen LogP) is 0.693. The van der Waals surface area contributed by atoms with Crippen LogP contribution in [0.5, 0.6) is 0 Å². The van der Waals surface area contributed by atoms with Crippen LogP contribution in [0, 0.1) is 0 Å². The molecule has 0 atom stereocenters. The molecule has 0 spiro atoms. The van der Waals surface area contributed by atoms with Gasteiger partial charge in [-0.25, -0.2) is 0 Å². The maximum atomic E-state index is 11.4. The summed E-state index contributed by atoms with van der Waals surface area (Å²) >= 11 is 0. The Bertz CT molecular complexity index is 365. The van der Waals surface area contributed by atoms with Gasteiger partial charge in [-0.1, -0.05) is 6.07 Å². The first-order valence-corrected chi connectivity index (χ1v) is 5.45. The van der Waals surface area contributed by atoms with Crippen LogP contribution < -0.4 is 5.32 Å². The first kappa shape index (κ1) is 13.2. The lowest BCUT2D eigenvalue weighted by molar-refractivity contribution is -0.140. The van der Waals surface area contributed by atoms with Crippen LogP contribution in [0.2, 0.25) is 0 Å². The van der Waals surface area contributed by atoms with Gasteiger partial charge in [-0.15, -0.1) is 0 Å². The number of hydrogen-bond acceptors (Lipinski definition) is 4. The third-order valence-corrected chi connectivity index (χ3v) is 2.24. The number of nitrogens with one attached hydrogen (secondary N) is 1. The van der Waals surface area contributed by atoms with Gasteiger partial charge in [0.05, 0.1) is 13.5 Å². The molecule has 0 aliphatic heterocycles. The largest absolute Gasteiger partial charge is 0.469 e. The molecule has 0 fully saturated rings. The molecule has 0 aromatic carbocycles. The van der Waals surface area contributed by atoms with E-state index in [-0.39, 0.29) is 18.3 Å². The normalized spacial score (nSPS) is 9.71. The van der Waals surface area contributed by atoms with E-state index in [4.69, 9.17) is 0 Å². The van der Waals surface area contributed by atoms with Crippen LogP contribution >= 0.6 is 0 Å². The van der Waals surface area contributed by atoms with Crippen LogP contribution in [0.1, 0.15) is 18.4 Å². The van der Waals surface area contributed by atoms with Crippen molar-refractivity contribution in [3.8, 4) is 0 Å². The molecular formula is C12H16N2O3. The number of methoxy groups -OCH3 is 1. The molecular weight excluding hydrogens is 220 g/mol. The molecule has 0 radical (unpaired) electrons. The summed E-state index contributed by atoms with van der Waals surface area (Å²) < 4.78 is 4.46. The van der Waals surface area contributed by atoms with E-state index in [0.29, 0.717) is 19.4 Å². The number of nitrogens with zero attached hydrogens (tertiary/aromatic N) is 1. The van der Waals surface area contributed by atoms with E-state index in [1.807, 2.05) is 12.1 Å². The van der Waals surface area contributed by atoms with Gasteiger partial charge >= 0.3 is 5.97 Å². The van der Waals surface area contributed by atoms with Gasteiger partial charge in [-0.2, -0.15) is 0 Å². The average Bonchev–Trinajstić information content (AvgIpc) is 2.37. The zero-order valence-corrected chi connectivity index (χ0v) is 9.81. The Kier molecular flexibility index (Phi) is 5.71. The van der Waals surface area contributed by atoms with E-state index < -0.39 is 0 Å². The third-order valence-electron chi connectivity index (χ3n) is 2.24. The maximum Gasteiger partial charge on any atom is 0.307 e. The quantitative estimate of drug-likeness (QED) is 0.738. The summed E-state index contributed by atoms with van der Waals surface area (Å²) in [6, 6.07) is 3.76. The third kappa shape index (κ3) is 5.65. The van der Waals surface area contributed by atoms with E-state index in [1.54, 1.807) is 12.4 Å². The van der Waals surface area contributed by atoms with Gasteiger partial charge in [-0.3, -0.25) is 14.6 Å². The van der Waals surface area contributed by atoms with E-state index >= 15 is 0 Å². The van der Waals surface area contributed by atoms with Gasteiger partial charge in [-0.05, 0) is 18.1 Å². The Labute approximate surface area is 100 Å². The molecule has 17 heavy (non-hydrogen) atoms. The molecule has 0 unspecified atom stereocenters. The molecule has 0 saturated carbocycles. The Morgan fingerprint density at radius 1 is 1.41 bits per heavy atom. The van der Waals surface area contributed by atoms with Crippen molar-refractivity contribution in [2.75, 3.05) is 13.7 Å². The number of amides is 1. The van der Waals surface area contributed by atoms with Crippen molar-refractivity contribution >= 4 is 11.9 Å². The van der Waals surface area contributed by atoms with E-state index in [1.165, 1.54) is 7.11 Å². The van der Waals surface area contributed by atoms with Crippen molar-refractivity contribution in [3.05, 3.63) is 30.1 Å². The lowest BCUT2D eigenvalue weighted by Gasteiger charge is -2.04. The second kappa shape index (κ2) is 7.38. The Morgan fingerprint density at radius 3 is 2.88 bits per heavy atom. The predicted molar refractivity (Wildman–Crippen MR) is 62.2 cm³/mol. The van der Waals surface area contributed by atoms with Gasteiger partial charge < -0.3 is 10.1 Å². The molecule has 1 heterocycles. The molecule has 92 valence electrons. The molecule has 5 heteroatoms. The second-order valence-corrected chi connectivity index (χ2v) is 3.54. The number of pyridine rings is 1. The van der Waals surface area contributed by atoms with Crippen molar-refractivity contribution in [3.63, 3.8) is 0 Å². The highest BCUT2D eigenvalue weighted by Crippen LogP contribution is 1.99. The summed E-state index contributed by atoms with van der Waals surface area (Å²) in [5, 5.41) is 2.66. The number of aromatic nitrogens is 1. The number of hydrogen-bond donors (Lipinski definition) is 1. The highest BCUT2D eigenvalue weighted by Gasteiger charge is 2.04. The zero-order chi connectivity index (χ0) is 12.5. The standard InChI is InChI=1S/C12H16N2O3/c1-17-12(16)6-8-14-11(15)5-4-10-3-2-7-13-9-10/h2-3,7,9H,4-6,8H2,1H3,(H,14,15). The van der Waals surface area contributed by atoms with Crippen LogP contribution in [-0.2, 0) is 20.7 Å². The van der Waals surface area contributed by atoms with Gasteiger partial charge in [0.1, 0.15) is 0 Å². The Balaban J connectivity index is 2.16. The van der Waals surface area contributed by atoms with Crippen LogP contribution in [0.4, 0.5) is 0 Å². The molecule has 1 rings (SSSR count). The van der Waals surface area contributed by atoms with E-state index in [9.17, 15) is 9.59 Å². The van der Waals surface area contributed by atoms with Crippen LogP contribution in [0.15, 0.2) is 24.5 Å². The van der Waals surface area contributed by atoms with Crippen molar-refractivity contribution in [1.82, 2.24) is 10.3 Å². The minimum Gasteiger partial charge on any atom is -0.469 e. The highest BCUT2D eigenvalue weighted by molar-refractivity contribution is 5.77. The fourth-order valence-electron chi connectivity index (χ4n) is 1.30. The number of carbonyl (C=O) groups excluding carboxylic acids is 2. The van der Waals surface area contributed by atoms with E-state index in [0.717, 1.165) is 5.56 Å². The molecule has 0 aliphatic rings. The summed E-state index contributed by atoms with van der Waals surface area (Å²) in [5.74, 6) is -0.393. The summed E-state index contributed by atoms with van der Waals surface area (Å²) in [6.07, 6.45) is 4.68. The smallest absolute Gasteiger partial charge is 0.307 e. The second-order valence-electron chi connectivity index (χ2n) is 3.54. The molecule has 1 amide bonds. The number of carbonyl (C=O) groups is 2. The Morgan fingerprint density at radius 2 is 2.24 bits per heavy atom. The lowest BCUT2D eigenvalue weighted by Crippen LogP contribution is -2.26. The van der Waals surface area contributed by atoms with E-state index in [2.05, 4.69) is 15.0 Å². The summed E-state index contributed by atoms with van der Waals surface area (Å²) in [6.45, 7) is 0.318. The average molecular weight is 236 g/mol. The fraction of sp³-hybridized carbons (Fsp3) is 0.417. The minimum atomic E-state index is -0.322. The molecule has 1 N–H and O–H groups in total. The summed E-state index contributed by atoms with van der Waals surface area (Å²) in [4.78, 5) is 26.2. The fourth-order valence-corrected chi connectivity index (χ4v) is 1.30. The number of rotatable bonds is 6. The summed E-state index contributed by atoms with van der Waals surface area (Å²) in [5.41, 5.74) is 1.02. The topological polar surface area (TPSA) is 68.3 Å². The van der Waals surface area contributed by atoms with Gasteiger partial charge in [0, 0.05) is 25.4 Å². The molecule has 0 bridgehead atoms. The zero-order valence-electron chi connectivity index (χ0n) is 9.81. The lowest BCUT2D eigenvalue weighted by atomic mass is 10.1. The molecule has 1 aromatic rings. The molecule has 0 saturated heterocycles. The maximum absolute atomic E-state index is 11.4. The van der Waals surface area contributed by atoms with Gasteiger partial charge in [0.25, 0.3) is 0 Å². The summed E-state index contributed by atoms with van der Waals surface area (Å²) in [7, 11) is 1.33. The van der Waals surface area contributed by atoms with Gasteiger partial charge in [0.2, 0.25) is 5.91 Å². The van der Waals surface area contributed by atoms with Crippen LogP contribution in [0.3, 0.4) is 0 Å². The highest BCUT2D eigenvalue weighted by atomic mass is 16.5. The molecule has 5 nitrogen and oxygen atoms in total. The van der Waals surface area contributed by atoms with Crippen molar-refractivity contribution in [1.29, 1.82) is 0 Å². The number of aryl methyl sites for hydroxylation is 1. The van der Waals surface area contributed by atoms with Crippen molar-refractivity contribution in [2.24, 2.45) is 0 Å². The molecule has 0 aliphatic carbocycles. The van der Waals surface area contributed by atoms with Gasteiger partial charge in [0.15, 0.2) is 0 Å². The van der Waals surface area contributed by atoms with Crippen LogP contribution in [0.25, 0.3) is 0 Å². The van der Waals surface area contributed by atoms with Crippen molar-refractivity contribution in [2.45, 2.75) is 19.3 Å². The van der Waals surface area contributed by atoms with Crippen molar-refractivity contribution < 1.29 is 14.3 Å². The number of ether oxygens (including phenoxy) is 1. The monoisotopic (exact) mass is 236 g/mol. The molecule has 1 aromatic heterocycles. The first-order chi connectivity index (χ1) is 8.22. The first-order valence-electron chi connectivity index (χ1n) is 5.45. The SMILES string of the molecule is COC(=O)CCNC(=O)CCc1cccnc1. The number of esters is 1. The minimum absolute atomic E-state index is 0.0715.